The van der Waals surface area contributed by atoms with Crippen molar-refractivity contribution in [3.05, 3.63) is 23.3 Å². The summed E-state index contributed by atoms with van der Waals surface area (Å²) in [4.78, 5) is 25.8. The third kappa shape index (κ3) is 16.6. The molecule has 17 heteroatoms. The van der Waals surface area contributed by atoms with Gasteiger partial charge in [-0.25, -0.2) is 9.59 Å². The molecule has 2 N–H and O–H groups in total. The molecule has 0 spiro atoms. The lowest BCUT2D eigenvalue weighted by molar-refractivity contribution is -0.163. The van der Waals surface area contributed by atoms with E-state index in [1.54, 1.807) is 11.1 Å². The molecule has 10 aliphatic rings. The summed E-state index contributed by atoms with van der Waals surface area (Å²) in [7, 11) is 0. The number of fused-ring (bicyclic) bond motifs is 10. The first kappa shape index (κ1) is 69.4. The Labute approximate surface area is 554 Å². The van der Waals surface area contributed by atoms with Gasteiger partial charge in [0.1, 0.15) is 13.2 Å². The van der Waals surface area contributed by atoms with Crippen molar-refractivity contribution in [2.75, 3.05) is 39.6 Å². The summed E-state index contributed by atoms with van der Waals surface area (Å²) in [6, 6.07) is -0.0595. The first-order valence-electron chi connectivity index (χ1n) is 35.0. The summed E-state index contributed by atoms with van der Waals surface area (Å²) in [5.41, 5.74) is 4.13. The van der Waals surface area contributed by atoms with Crippen LogP contribution in [0.2, 0.25) is 0 Å². The number of alkyl halides is 6. The van der Waals surface area contributed by atoms with Crippen molar-refractivity contribution in [1.29, 1.82) is 0 Å². The summed E-state index contributed by atoms with van der Waals surface area (Å²) in [5.74, 6) is 5.65. The second-order valence-corrected chi connectivity index (χ2v) is 35.5. The molecule has 2 amide bonds. The molecular formula is C70H110Cl6N2O9. The molecule has 10 rings (SSSR count). The van der Waals surface area contributed by atoms with E-state index in [0.717, 1.165) is 142 Å². The maximum Gasteiger partial charge on any atom is 0.407 e. The van der Waals surface area contributed by atoms with Crippen molar-refractivity contribution in [1.82, 2.24) is 10.6 Å². The van der Waals surface area contributed by atoms with Gasteiger partial charge in [-0.05, 0) is 262 Å². The van der Waals surface area contributed by atoms with E-state index < -0.39 is 19.8 Å². The zero-order chi connectivity index (χ0) is 61.8. The number of hydrogen-bond donors (Lipinski definition) is 2. The normalized spacial score (nSPS) is 39.0. The average Bonchev–Trinajstić information content (AvgIpc) is 1.73. The Bertz CT molecular complexity index is 2170. The van der Waals surface area contributed by atoms with Crippen LogP contribution in [0.4, 0.5) is 9.59 Å². The number of carbonyl (C=O) groups is 2. The minimum absolute atomic E-state index is 0.0297. The van der Waals surface area contributed by atoms with Gasteiger partial charge < -0.3 is 43.8 Å². The SMILES string of the molecule is C[C@H](NC(=O)OCC(Cl)(Cl)Cl)[C@H]1CCC2C3CC=C4C[C@@H](C(CCCCCOC5CCCCO5)OC(CCCCCOC5CCCCO5)[C@H]5CC[C@@]6(C)C(=CCC7C6CC[C@@]6(C)C7CC[C@@H]6[C@H](C)NC(=O)OCC(Cl)(Cl)Cl)C5)CC[C@]4(C)C3CC[C@@]21C. The summed E-state index contributed by atoms with van der Waals surface area (Å²) < 4.78 is 39.8. The second kappa shape index (κ2) is 30.1. The van der Waals surface area contributed by atoms with Gasteiger partial charge in [-0.15, -0.1) is 0 Å². The van der Waals surface area contributed by atoms with E-state index in [1.807, 2.05) is 0 Å². The van der Waals surface area contributed by atoms with Crippen LogP contribution in [-0.2, 0) is 33.2 Å². The second-order valence-electron chi connectivity index (χ2n) is 30.5. The fraction of sp³-hybridized carbons (Fsp3) is 0.914. The Kier molecular flexibility index (Phi) is 24.0. The fourth-order valence-electron chi connectivity index (χ4n) is 21.1. The van der Waals surface area contributed by atoms with Crippen LogP contribution in [0.1, 0.15) is 234 Å². The number of ether oxygens (including phenoxy) is 7. The number of allylic oxidation sites excluding steroid dienone is 4. The third-order valence-electron chi connectivity index (χ3n) is 25.6. The van der Waals surface area contributed by atoms with Crippen LogP contribution in [0.25, 0.3) is 0 Å². The molecule has 2 aliphatic heterocycles. The maximum absolute atomic E-state index is 12.9. The van der Waals surface area contributed by atoms with Crippen LogP contribution < -0.4 is 10.6 Å². The Morgan fingerprint density at radius 2 is 0.966 bits per heavy atom. The van der Waals surface area contributed by atoms with E-state index in [9.17, 15) is 9.59 Å². The van der Waals surface area contributed by atoms with Crippen LogP contribution in [-0.4, -0.2) is 96.3 Å². The van der Waals surface area contributed by atoms with Gasteiger partial charge in [0.05, 0.1) is 12.2 Å². The molecule has 2 saturated heterocycles. The summed E-state index contributed by atoms with van der Waals surface area (Å²) in [6.45, 7) is 17.2. The van der Waals surface area contributed by atoms with Crippen LogP contribution in [0.5, 0.6) is 0 Å². The number of amides is 2. The molecule has 2 heterocycles. The minimum Gasteiger partial charge on any atom is -0.445 e. The highest BCUT2D eigenvalue weighted by atomic mass is 35.6. The van der Waals surface area contributed by atoms with Crippen molar-refractivity contribution in [2.45, 2.75) is 279 Å². The molecule has 6 saturated carbocycles. The molecular weight excluding hydrogens is 1230 g/mol. The van der Waals surface area contributed by atoms with Crippen molar-refractivity contribution in [3.8, 4) is 0 Å². The maximum atomic E-state index is 12.9. The van der Waals surface area contributed by atoms with Crippen molar-refractivity contribution >= 4 is 81.8 Å². The predicted molar refractivity (Wildman–Crippen MR) is 351 cm³/mol. The highest BCUT2D eigenvalue weighted by molar-refractivity contribution is 6.68. The molecule has 0 aromatic carbocycles. The topological polar surface area (TPSA) is 123 Å². The van der Waals surface area contributed by atoms with Crippen LogP contribution >= 0.6 is 69.6 Å². The van der Waals surface area contributed by atoms with Gasteiger partial charge in [-0.2, -0.15) is 0 Å². The van der Waals surface area contributed by atoms with Crippen LogP contribution in [0.15, 0.2) is 23.3 Å². The molecule has 10 unspecified atom stereocenters. The lowest BCUT2D eigenvalue weighted by Gasteiger charge is -2.59. The fourth-order valence-corrected chi connectivity index (χ4v) is 21.4. The Hall–Kier alpha value is -0.440. The molecule has 496 valence electrons. The molecule has 0 bridgehead atoms. The number of halogens is 6. The van der Waals surface area contributed by atoms with Gasteiger partial charge in [-0.3, -0.25) is 0 Å². The molecule has 8 aliphatic carbocycles. The number of rotatable bonds is 24. The lowest BCUT2D eigenvalue weighted by atomic mass is 9.46. The van der Waals surface area contributed by atoms with E-state index in [2.05, 4.69) is 64.3 Å². The Balaban J connectivity index is 0.832. The number of nitrogens with one attached hydrogen (secondary N) is 2. The smallest absolute Gasteiger partial charge is 0.407 e. The Morgan fingerprint density at radius 1 is 0.540 bits per heavy atom. The average molecular weight is 1340 g/mol. The largest absolute Gasteiger partial charge is 0.445 e. The van der Waals surface area contributed by atoms with Gasteiger partial charge in [-0.1, -0.05) is 146 Å². The monoisotopic (exact) mass is 1330 g/mol. The molecule has 11 nitrogen and oxygen atoms in total. The van der Waals surface area contributed by atoms with Gasteiger partial charge in [0.2, 0.25) is 7.59 Å². The first-order valence-corrected chi connectivity index (χ1v) is 37.2. The first-order chi connectivity index (χ1) is 41.5. The minimum atomic E-state index is -1.64. The molecule has 87 heavy (non-hydrogen) atoms. The number of unbranched alkanes of at least 4 members (excludes halogenated alkanes) is 4. The van der Waals surface area contributed by atoms with E-state index in [0.29, 0.717) is 59.2 Å². The quantitative estimate of drug-likeness (QED) is 0.0552. The van der Waals surface area contributed by atoms with E-state index in [-0.39, 0.29) is 71.7 Å². The predicted octanol–water partition coefficient (Wildman–Crippen LogP) is 19.3. The summed E-state index contributed by atoms with van der Waals surface area (Å²) in [5, 5.41) is 6.27. The van der Waals surface area contributed by atoms with Crippen molar-refractivity contribution in [3.63, 3.8) is 0 Å². The standard InChI is InChI=1S/C70H110Cl6N2O9/c1-45(77-63(79)85-43-69(71,72)73)53-25-27-55-51-23-21-49-41-47(29-33-65(49,3)57(51)31-35-67(53,55)5)59(17-9-7-13-37-81-61-19-11-15-39-83-61)87-60(18-10-8-14-38-82-62-20-12-16-40-84-62)48-30-34-66(4)50(42-48)22-24-52-56-28-26-54(68(56,6)36-32-58(52)66)46(2)78-64(80)86-44-70(74,75)76/h21-22,45-48,51-62H,7-20,23-44H2,1-6H3,(H,77,79)(H,78,80)/t45-,46-,47-,48-,51?,52?,53+,54+,55?,56?,57?,58?,59?,60?,61?,62?,65-,66-,67+,68+/m0/s1. The molecule has 0 aromatic heterocycles. The summed E-state index contributed by atoms with van der Waals surface area (Å²) >= 11 is 35.5. The molecule has 20 atom stereocenters. The van der Waals surface area contributed by atoms with Gasteiger partial charge in [0.15, 0.2) is 12.6 Å². The van der Waals surface area contributed by atoms with Crippen LogP contribution in [0, 0.1) is 80.8 Å². The lowest BCUT2D eigenvalue weighted by Crippen LogP contribution is -2.53. The molecule has 0 aromatic rings. The van der Waals surface area contributed by atoms with E-state index in [1.165, 1.54) is 77.0 Å². The molecule has 0 radical (unpaired) electrons. The van der Waals surface area contributed by atoms with Gasteiger partial charge in [0.25, 0.3) is 0 Å². The van der Waals surface area contributed by atoms with Gasteiger partial charge in [0, 0.05) is 38.5 Å². The van der Waals surface area contributed by atoms with Crippen molar-refractivity contribution < 1.29 is 42.7 Å². The van der Waals surface area contributed by atoms with E-state index in [4.69, 9.17) is 103 Å². The third-order valence-corrected chi connectivity index (χ3v) is 26.3. The molecule has 8 fully saturated rings. The van der Waals surface area contributed by atoms with E-state index >= 15 is 0 Å². The highest BCUT2D eigenvalue weighted by Gasteiger charge is 2.62. The highest BCUT2D eigenvalue weighted by Crippen LogP contribution is 2.69. The Morgan fingerprint density at radius 3 is 1.36 bits per heavy atom. The number of hydrogen-bond acceptors (Lipinski definition) is 9. The number of alkyl carbamates (subject to hydrolysis) is 2. The van der Waals surface area contributed by atoms with Crippen LogP contribution in [0.3, 0.4) is 0 Å². The zero-order valence-corrected chi connectivity index (χ0v) is 58.3. The van der Waals surface area contributed by atoms with Crippen molar-refractivity contribution in [2.24, 2.45) is 80.8 Å². The zero-order valence-electron chi connectivity index (χ0n) is 53.8. The van der Waals surface area contributed by atoms with Gasteiger partial charge >= 0.3 is 12.2 Å². The number of carbonyl (C=O) groups excluding carboxylic acids is 2. The summed E-state index contributed by atoms with van der Waals surface area (Å²) in [6.07, 6.45) is 39.3.